The van der Waals surface area contributed by atoms with Crippen LogP contribution in [0.4, 0.5) is 0 Å². The van der Waals surface area contributed by atoms with E-state index in [1.54, 1.807) is 6.07 Å². The second-order valence-corrected chi connectivity index (χ2v) is 7.99. The maximum atomic E-state index is 13.2. The Labute approximate surface area is 155 Å². The van der Waals surface area contributed by atoms with Gasteiger partial charge in [0.2, 0.25) is 0 Å². The number of carbonyl (C=O) groups is 1. The summed E-state index contributed by atoms with van der Waals surface area (Å²) in [7, 11) is 4.09. The summed E-state index contributed by atoms with van der Waals surface area (Å²) in [6, 6.07) is 15.6. The van der Waals surface area contributed by atoms with E-state index in [0.29, 0.717) is 5.75 Å². The minimum absolute atomic E-state index is 0.0609. The normalized spacial score (nSPS) is 27.7. The largest absolute Gasteiger partial charge is 0.508 e. The van der Waals surface area contributed by atoms with E-state index >= 15 is 0 Å². The van der Waals surface area contributed by atoms with E-state index in [1.165, 1.54) is 11.1 Å². The van der Waals surface area contributed by atoms with Crippen LogP contribution in [-0.2, 0) is 11.8 Å². The quantitative estimate of drug-likeness (QED) is 0.905. The third-order valence-corrected chi connectivity index (χ3v) is 6.46. The molecule has 0 spiro atoms. The van der Waals surface area contributed by atoms with Crippen LogP contribution in [0.25, 0.3) is 0 Å². The lowest BCUT2D eigenvalue weighted by Gasteiger charge is -2.57. The van der Waals surface area contributed by atoms with Gasteiger partial charge in [-0.2, -0.15) is 0 Å². The molecule has 2 bridgehead atoms. The minimum atomic E-state index is -0.164. The van der Waals surface area contributed by atoms with Crippen molar-refractivity contribution in [3.8, 4) is 5.75 Å². The first-order chi connectivity index (χ1) is 12.4. The highest BCUT2D eigenvalue weighted by molar-refractivity contribution is 5.94. The van der Waals surface area contributed by atoms with Crippen LogP contribution in [0.2, 0.25) is 0 Å². The van der Waals surface area contributed by atoms with Gasteiger partial charge in [0.1, 0.15) is 5.75 Å². The number of nitrogens with zero attached hydrogens (tertiary/aromatic N) is 2. The molecule has 136 valence electrons. The molecule has 2 aromatic carbocycles. The van der Waals surface area contributed by atoms with Gasteiger partial charge in [0.15, 0.2) is 0 Å². The van der Waals surface area contributed by atoms with Gasteiger partial charge in [-0.25, -0.2) is 0 Å². The number of phenols is 1. The number of piperidine rings is 1. The van der Waals surface area contributed by atoms with Crippen molar-refractivity contribution < 1.29 is 9.90 Å². The summed E-state index contributed by atoms with van der Waals surface area (Å²) in [5.74, 6) is 0.365. The fourth-order valence-electron chi connectivity index (χ4n) is 5.05. The summed E-state index contributed by atoms with van der Waals surface area (Å²) < 4.78 is 0. The molecular formula is C22H26N2O2. The van der Waals surface area contributed by atoms with Crippen molar-refractivity contribution in [1.29, 1.82) is 0 Å². The Kier molecular flexibility index (Phi) is 4.03. The number of fused-ring (bicyclic) bond motifs is 4. The lowest BCUT2D eigenvalue weighted by Crippen LogP contribution is -2.67. The van der Waals surface area contributed by atoms with Crippen molar-refractivity contribution in [3.05, 3.63) is 65.2 Å². The number of carbonyl (C=O) groups excluding carboxylic acids is 1. The van der Waals surface area contributed by atoms with Gasteiger partial charge in [-0.05, 0) is 61.8 Å². The smallest absolute Gasteiger partial charge is 0.253 e. The first-order valence-electron chi connectivity index (χ1n) is 9.26. The molecule has 26 heavy (non-hydrogen) atoms. The molecule has 1 saturated heterocycles. The summed E-state index contributed by atoms with van der Waals surface area (Å²) in [6.45, 7) is 3.25. The molecule has 1 amide bonds. The summed E-state index contributed by atoms with van der Waals surface area (Å²) >= 11 is 0. The molecule has 4 heteroatoms. The summed E-state index contributed by atoms with van der Waals surface area (Å²) in [6.07, 6.45) is 1.87. The Hall–Kier alpha value is -2.33. The molecule has 3 atom stereocenters. The molecule has 0 saturated carbocycles. The van der Waals surface area contributed by atoms with Crippen molar-refractivity contribution in [2.75, 3.05) is 20.6 Å². The van der Waals surface area contributed by atoms with E-state index in [-0.39, 0.29) is 23.4 Å². The number of amides is 1. The molecule has 1 aliphatic carbocycles. The van der Waals surface area contributed by atoms with Crippen LogP contribution in [0.5, 0.6) is 5.75 Å². The second kappa shape index (κ2) is 6.13. The number of likely N-dealkylation sites (tertiary alicyclic amines) is 1. The Morgan fingerprint density at radius 2 is 1.96 bits per heavy atom. The summed E-state index contributed by atoms with van der Waals surface area (Å²) in [5, 5.41) is 10.1. The van der Waals surface area contributed by atoms with Gasteiger partial charge in [0.05, 0.1) is 6.04 Å². The predicted molar refractivity (Wildman–Crippen MR) is 103 cm³/mol. The molecule has 4 rings (SSSR count). The van der Waals surface area contributed by atoms with E-state index in [9.17, 15) is 9.90 Å². The van der Waals surface area contributed by atoms with Gasteiger partial charge in [0.25, 0.3) is 5.91 Å². The lowest BCUT2D eigenvalue weighted by atomic mass is 9.61. The van der Waals surface area contributed by atoms with Crippen molar-refractivity contribution in [1.82, 2.24) is 9.80 Å². The van der Waals surface area contributed by atoms with Gasteiger partial charge >= 0.3 is 0 Å². The summed E-state index contributed by atoms with van der Waals surface area (Å²) in [4.78, 5) is 17.5. The maximum Gasteiger partial charge on any atom is 0.253 e. The monoisotopic (exact) mass is 350 g/mol. The van der Waals surface area contributed by atoms with Crippen LogP contribution >= 0.6 is 0 Å². The van der Waals surface area contributed by atoms with E-state index in [4.69, 9.17) is 0 Å². The molecular weight excluding hydrogens is 324 g/mol. The van der Waals surface area contributed by atoms with Gasteiger partial charge in [0, 0.05) is 24.1 Å². The number of likely N-dealkylation sites (N-methyl/N-ethyl adjacent to an activating group) is 2. The number of benzene rings is 2. The van der Waals surface area contributed by atoms with Crippen LogP contribution in [0, 0.1) is 0 Å². The first-order valence-corrected chi connectivity index (χ1v) is 9.26. The molecule has 0 aromatic heterocycles. The van der Waals surface area contributed by atoms with Gasteiger partial charge in [-0.1, -0.05) is 31.2 Å². The van der Waals surface area contributed by atoms with Crippen LogP contribution in [0.15, 0.2) is 48.5 Å². The number of phenolic OH excluding ortho intramolecular Hbond substituents is 1. The number of hydrogen-bond acceptors (Lipinski definition) is 3. The number of hydrogen-bond donors (Lipinski definition) is 1. The van der Waals surface area contributed by atoms with Crippen molar-refractivity contribution in [3.63, 3.8) is 0 Å². The molecule has 1 aliphatic heterocycles. The standard InChI is InChI=1S/C22H26N2O2/c1-22-11-12-23(2)19(13-16-9-10-17(25)14-18(16)22)20(22)24(3)21(26)15-7-5-4-6-8-15/h4-10,14,19-20,25H,11-13H2,1-3H3/t19-,20+,22?/m1/s1. The van der Waals surface area contributed by atoms with Gasteiger partial charge in [-0.3, -0.25) is 4.79 Å². The molecule has 4 nitrogen and oxygen atoms in total. The molecule has 2 aliphatic rings. The molecule has 2 aromatic rings. The zero-order valence-corrected chi connectivity index (χ0v) is 15.6. The second-order valence-electron chi connectivity index (χ2n) is 7.99. The van der Waals surface area contributed by atoms with Crippen LogP contribution in [0.1, 0.15) is 34.8 Å². The molecule has 1 unspecified atom stereocenters. The van der Waals surface area contributed by atoms with E-state index in [2.05, 4.69) is 18.9 Å². The third kappa shape index (κ3) is 2.52. The van der Waals surface area contributed by atoms with Crippen LogP contribution in [-0.4, -0.2) is 53.5 Å². The number of aromatic hydroxyl groups is 1. The Bertz CT molecular complexity index is 835. The highest BCUT2D eigenvalue weighted by Gasteiger charge is 2.52. The highest BCUT2D eigenvalue weighted by atomic mass is 16.3. The Morgan fingerprint density at radius 1 is 1.23 bits per heavy atom. The van der Waals surface area contributed by atoms with Crippen LogP contribution < -0.4 is 0 Å². The van der Waals surface area contributed by atoms with Crippen molar-refractivity contribution in [2.24, 2.45) is 0 Å². The van der Waals surface area contributed by atoms with Crippen molar-refractivity contribution >= 4 is 5.91 Å². The zero-order chi connectivity index (χ0) is 18.5. The zero-order valence-electron chi connectivity index (χ0n) is 15.6. The van der Waals surface area contributed by atoms with E-state index in [1.807, 2.05) is 54.4 Å². The fourth-order valence-corrected chi connectivity index (χ4v) is 5.05. The number of rotatable bonds is 2. The Morgan fingerprint density at radius 3 is 2.69 bits per heavy atom. The van der Waals surface area contributed by atoms with E-state index in [0.717, 1.165) is 24.9 Å². The Balaban J connectivity index is 1.78. The molecule has 1 N–H and O–H groups in total. The summed E-state index contributed by atoms with van der Waals surface area (Å²) in [5.41, 5.74) is 3.04. The topological polar surface area (TPSA) is 43.8 Å². The first kappa shape index (κ1) is 17.1. The lowest BCUT2D eigenvalue weighted by molar-refractivity contribution is 0.00529. The molecule has 1 heterocycles. The average Bonchev–Trinajstić information content (AvgIpc) is 2.65. The van der Waals surface area contributed by atoms with Gasteiger partial charge in [-0.15, -0.1) is 0 Å². The average molecular weight is 350 g/mol. The maximum absolute atomic E-state index is 13.2. The molecule has 0 radical (unpaired) electrons. The predicted octanol–water partition coefficient (Wildman–Crippen LogP) is 3.05. The highest BCUT2D eigenvalue weighted by Crippen LogP contribution is 2.47. The minimum Gasteiger partial charge on any atom is -0.508 e. The third-order valence-electron chi connectivity index (χ3n) is 6.46. The molecule has 1 fully saturated rings. The van der Waals surface area contributed by atoms with Crippen LogP contribution in [0.3, 0.4) is 0 Å². The fraction of sp³-hybridized carbons (Fsp3) is 0.409. The SMILES string of the molecule is CN1CCC2(C)c3cc(O)ccc3C[C@@H]1[C@@H]2N(C)C(=O)c1ccccc1. The van der Waals surface area contributed by atoms with E-state index < -0.39 is 0 Å². The van der Waals surface area contributed by atoms with Gasteiger partial charge < -0.3 is 14.9 Å². The van der Waals surface area contributed by atoms with Crippen molar-refractivity contribution in [2.45, 2.75) is 37.3 Å².